The van der Waals surface area contributed by atoms with E-state index in [1.165, 1.54) is 9.47 Å². The zero-order chi connectivity index (χ0) is 5.21. The molecule has 0 bridgehead atoms. The van der Waals surface area contributed by atoms with E-state index in [4.69, 9.17) is 9.79 Å². The van der Waals surface area contributed by atoms with Gasteiger partial charge in [-0.2, -0.15) is 0 Å². The first kappa shape index (κ1) is 22.5. The topological polar surface area (TPSA) is 66.8 Å². The van der Waals surface area contributed by atoms with Crippen LogP contribution in [0.1, 0.15) is 0 Å². The van der Waals surface area contributed by atoms with Crippen LogP contribution in [0.15, 0.2) is 0 Å². The molecule has 2 N–H and O–H groups in total. The molecular formula is H7Li3O4P2. The van der Waals surface area contributed by atoms with E-state index in [0.29, 0.717) is 0 Å². The fraction of sp³-hybridized carbons (Fsp3) is 0. The maximum absolute atomic E-state index is 9.45. The van der Waals surface area contributed by atoms with Gasteiger partial charge in [0.25, 0.3) is 0 Å². The summed E-state index contributed by atoms with van der Waals surface area (Å²) >= 11 is 0. The zero-order valence-electron chi connectivity index (χ0n) is 2.74. The molecule has 0 fully saturated rings. The van der Waals surface area contributed by atoms with Gasteiger partial charge >= 0.3 is 64.4 Å². The van der Waals surface area contributed by atoms with Crippen LogP contribution < -0.4 is 0 Å². The van der Waals surface area contributed by atoms with Crippen LogP contribution in [0, 0.1) is 0 Å². The van der Waals surface area contributed by atoms with E-state index in [9.17, 15) is 4.57 Å². The molecule has 9 heavy (non-hydrogen) atoms. The van der Waals surface area contributed by atoms with E-state index < -0.39 is 7.82 Å². The van der Waals surface area contributed by atoms with Gasteiger partial charge in [0.15, 0.2) is 0 Å². The molecule has 0 aromatic carbocycles. The van der Waals surface area contributed by atoms with E-state index in [1.807, 2.05) is 0 Å². The first-order valence-corrected chi connectivity index (χ1v) is 3.00. The Bertz CT molecular complexity index is 77.9. The van der Waals surface area contributed by atoms with E-state index in [2.05, 4.69) is 4.31 Å². The molecule has 0 aliphatic carbocycles. The van der Waals surface area contributed by atoms with Gasteiger partial charge in [-0.25, -0.2) is 4.57 Å². The van der Waals surface area contributed by atoms with Gasteiger partial charge in [-0.3, -0.25) is 4.31 Å². The molecular weight excluding hydrogens is 147 g/mol. The van der Waals surface area contributed by atoms with Crippen molar-refractivity contribution in [2.45, 2.75) is 0 Å². The van der Waals surface area contributed by atoms with E-state index in [-0.39, 0.29) is 56.6 Å². The Kier molecular flexibility index (Phi) is 25.8. The van der Waals surface area contributed by atoms with Gasteiger partial charge in [0, 0.05) is 9.47 Å². The predicted molar refractivity (Wildman–Crippen MR) is 44.3 cm³/mol. The molecule has 1 atom stereocenters. The number of phosphoric acid groups is 1. The molecule has 0 radical (unpaired) electrons. The number of rotatable bonds is 1. The molecule has 0 aromatic heterocycles. The van der Waals surface area contributed by atoms with Crippen molar-refractivity contribution in [2.24, 2.45) is 0 Å². The van der Waals surface area contributed by atoms with Crippen molar-refractivity contribution >= 4 is 73.9 Å². The van der Waals surface area contributed by atoms with Crippen LogP contribution >= 0.6 is 17.3 Å². The molecule has 4 nitrogen and oxygen atoms in total. The van der Waals surface area contributed by atoms with E-state index >= 15 is 0 Å². The van der Waals surface area contributed by atoms with Crippen molar-refractivity contribution in [1.82, 2.24) is 0 Å². The van der Waals surface area contributed by atoms with E-state index in [0.717, 1.165) is 0 Å². The first-order chi connectivity index (χ1) is 2.56. The average molecular weight is 154 g/mol. The molecule has 9 heteroatoms. The van der Waals surface area contributed by atoms with Crippen LogP contribution in [0.25, 0.3) is 0 Å². The van der Waals surface area contributed by atoms with Crippen LogP contribution in [0.3, 0.4) is 0 Å². The van der Waals surface area contributed by atoms with Crippen molar-refractivity contribution in [3.8, 4) is 0 Å². The molecule has 0 heterocycles. The summed E-state index contributed by atoms with van der Waals surface area (Å²) < 4.78 is 13.0. The fourth-order valence-corrected chi connectivity index (χ4v) is 0. The second-order valence-electron chi connectivity index (χ2n) is 0.596. The molecule has 0 spiro atoms. The predicted octanol–water partition coefficient (Wildman–Crippen LogP) is -2.06. The quantitative estimate of drug-likeness (QED) is 0.336. The van der Waals surface area contributed by atoms with Gasteiger partial charge in [0.05, 0.1) is 0 Å². The Morgan fingerprint density at radius 1 is 1.22 bits per heavy atom. The summed E-state index contributed by atoms with van der Waals surface area (Å²) in [7, 11) is -2.72. The Morgan fingerprint density at radius 2 is 1.33 bits per heavy atom. The average Bonchev–Trinajstić information content (AvgIpc) is 1.35. The van der Waals surface area contributed by atoms with Gasteiger partial charge in [-0.05, 0) is 0 Å². The van der Waals surface area contributed by atoms with Crippen molar-refractivity contribution < 1.29 is 18.7 Å². The summed E-state index contributed by atoms with van der Waals surface area (Å²) in [5.74, 6) is 0. The third-order valence-corrected chi connectivity index (χ3v) is 1.24. The summed E-state index contributed by atoms with van der Waals surface area (Å²) in [5.41, 5.74) is 0. The van der Waals surface area contributed by atoms with Gasteiger partial charge in [0.2, 0.25) is 0 Å². The SMILES string of the molecule is O=P(O)(O)OP.[LiH].[LiH].[LiH]. The molecule has 0 aliphatic heterocycles. The summed E-state index contributed by atoms with van der Waals surface area (Å²) in [4.78, 5) is 15.4. The van der Waals surface area contributed by atoms with Gasteiger partial charge < -0.3 is 9.79 Å². The molecule has 0 saturated heterocycles. The number of hydrogen-bond donors (Lipinski definition) is 2. The Labute approximate surface area is 91.9 Å². The van der Waals surface area contributed by atoms with Gasteiger partial charge in [-0.15, -0.1) is 0 Å². The third-order valence-electron chi connectivity index (χ3n) is 0.137. The molecule has 0 aromatic rings. The Morgan fingerprint density at radius 3 is 1.33 bits per heavy atom. The van der Waals surface area contributed by atoms with Crippen molar-refractivity contribution in [3.05, 3.63) is 0 Å². The monoisotopic (exact) mass is 154 g/mol. The Balaban J connectivity index is -0.0000000417. The minimum atomic E-state index is -4.18. The maximum atomic E-state index is 9.45. The van der Waals surface area contributed by atoms with Crippen LogP contribution in [0.2, 0.25) is 0 Å². The van der Waals surface area contributed by atoms with Crippen molar-refractivity contribution in [1.29, 1.82) is 0 Å². The molecule has 0 amide bonds. The molecule has 0 rings (SSSR count). The van der Waals surface area contributed by atoms with Crippen LogP contribution in [0.5, 0.6) is 0 Å². The summed E-state index contributed by atoms with van der Waals surface area (Å²) in [6.07, 6.45) is 0. The standard InChI is InChI=1S/3Li.H4O4P2.3H/c;;;1-6(2,3)4-5;;;/h;;;5H2,(H2,1,2,3);;;. The van der Waals surface area contributed by atoms with Crippen LogP contribution in [0.4, 0.5) is 0 Å². The summed E-state index contributed by atoms with van der Waals surface area (Å²) in [6, 6.07) is 0. The van der Waals surface area contributed by atoms with Crippen molar-refractivity contribution in [2.75, 3.05) is 0 Å². The fourth-order valence-electron chi connectivity index (χ4n) is 0. The molecule has 1 unspecified atom stereocenters. The van der Waals surface area contributed by atoms with Crippen molar-refractivity contribution in [3.63, 3.8) is 0 Å². The second kappa shape index (κ2) is 10.3. The van der Waals surface area contributed by atoms with Crippen LogP contribution in [-0.2, 0) is 8.88 Å². The Hall–Kier alpha value is 2.33. The van der Waals surface area contributed by atoms with Crippen LogP contribution in [-0.4, -0.2) is 66.4 Å². The summed E-state index contributed by atoms with van der Waals surface area (Å²) in [5, 5.41) is 0. The van der Waals surface area contributed by atoms with E-state index in [1.54, 1.807) is 0 Å². The third kappa shape index (κ3) is 25.2. The molecule has 0 aliphatic rings. The zero-order valence-corrected chi connectivity index (χ0v) is 4.78. The molecule has 44 valence electrons. The minimum absolute atomic E-state index is 0. The molecule has 0 saturated carbocycles. The first-order valence-electron chi connectivity index (χ1n) is 1.00. The normalized spacial score (nSPS) is 7.89. The summed E-state index contributed by atoms with van der Waals surface area (Å²) in [6.45, 7) is 0. The van der Waals surface area contributed by atoms with Gasteiger partial charge in [0.1, 0.15) is 0 Å². The second-order valence-corrected chi connectivity index (χ2v) is 2.42. The number of hydrogen-bond acceptors (Lipinski definition) is 2. The van der Waals surface area contributed by atoms with Gasteiger partial charge in [-0.1, -0.05) is 0 Å².